The molecular formula is C28H27F2N3O7. The topological polar surface area (TPSA) is 118 Å². The number of rotatable bonds is 13. The average molecular weight is 556 g/mol. The standard InChI is InChI=1S/C28H27F2N3O7/c1-36-6-7-39-25-12-22-21(11-24(25)37-2)28(32-15-31-22)33-16-8-20(19-10-17(34)4-5-23(19)35)27(26(9-16)38-3)40-18(13-29)14-30/h4-5,8-12,15,18H,6-7,13-14H2,1-3H3,(H,31,32,33). The number of anilines is 2. The predicted octanol–water partition coefficient (Wildman–Crippen LogP) is 4.19. The molecule has 12 heteroatoms. The number of aromatic nitrogens is 2. The second-order valence-electron chi connectivity index (χ2n) is 8.47. The fourth-order valence-electron chi connectivity index (χ4n) is 3.95. The van der Waals surface area contributed by atoms with Crippen molar-refractivity contribution in [2.75, 3.05) is 53.2 Å². The first kappa shape index (κ1) is 28.4. The smallest absolute Gasteiger partial charge is 0.186 e. The lowest BCUT2D eigenvalue weighted by Gasteiger charge is -2.22. The number of alkyl halides is 2. The third-order valence-corrected chi connectivity index (χ3v) is 5.87. The Hall–Kier alpha value is -4.58. The zero-order chi connectivity index (χ0) is 28.6. The van der Waals surface area contributed by atoms with Crippen LogP contribution in [0.2, 0.25) is 0 Å². The van der Waals surface area contributed by atoms with E-state index >= 15 is 0 Å². The van der Waals surface area contributed by atoms with Crippen LogP contribution in [0.15, 0.2) is 48.8 Å². The van der Waals surface area contributed by atoms with E-state index in [9.17, 15) is 18.4 Å². The maximum Gasteiger partial charge on any atom is 0.186 e. The van der Waals surface area contributed by atoms with E-state index in [1.807, 2.05) is 0 Å². The highest BCUT2D eigenvalue weighted by molar-refractivity contribution is 6.34. The van der Waals surface area contributed by atoms with Crippen molar-refractivity contribution in [3.63, 3.8) is 0 Å². The van der Waals surface area contributed by atoms with Crippen molar-refractivity contribution in [2.24, 2.45) is 0 Å². The van der Waals surface area contributed by atoms with Crippen molar-refractivity contribution in [3.8, 4) is 23.0 Å². The van der Waals surface area contributed by atoms with E-state index in [1.165, 1.54) is 32.7 Å². The number of ketones is 2. The monoisotopic (exact) mass is 555 g/mol. The molecule has 4 rings (SSSR count). The lowest BCUT2D eigenvalue weighted by Crippen LogP contribution is -2.22. The quantitative estimate of drug-likeness (QED) is 0.243. The first-order chi connectivity index (χ1) is 19.4. The average Bonchev–Trinajstić information content (AvgIpc) is 2.97. The van der Waals surface area contributed by atoms with Gasteiger partial charge in [0.1, 0.15) is 32.1 Å². The number of ether oxygens (including phenoxy) is 5. The summed E-state index contributed by atoms with van der Waals surface area (Å²) in [7, 11) is 4.42. The van der Waals surface area contributed by atoms with Gasteiger partial charge < -0.3 is 29.0 Å². The Morgan fingerprint density at radius 3 is 2.38 bits per heavy atom. The second kappa shape index (κ2) is 13.0. The van der Waals surface area contributed by atoms with Gasteiger partial charge >= 0.3 is 0 Å². The molecule has 1 aromatic heterocycles. The van der Waals surface area contributed by atoms with Gasteiger partial charge in [-0.2, -0.15) is 0 Å². The van der Waals surface area contributed by atoms with Crippen molar-refractivity contribution >= 4 is 39.5 Å². The van der Waals surface area contributed by atoms with E-state index in [0.29, 0.717) is 47.1 Å². The number of hydrogen-bond donors (Lipinski definition) is 1. The molecule has 0 bridgehead atoms. The normalized spacial score (nSPS) is 13.0. The summed E-state index contributed by atoms with van der Waals surface area (Å²) in [4.78, 5) is 33.5. The van der Waals surface area contributed by atoms with Gasteiger partial charge in [-0.3, -0.25) is 9.59 Å². The minimum atomic E-state index is -1.43. The summed E-state index contributed by atoms with van der Waals surface area (Å²) in [5, 5.41) is 3.75. The molecule has 0 saturated heterocycles. The minimum absolute atomic E-state index is 0.0204. The first-order valence-corrected chi connectivity index (χ1v) is 12.1. The van der Waals surface area contributed by atoms with Crippen LogP contribution in [-0.2, 0) is 14.3 Å². The Bertz CT molecular complexity index is 1470. The van der Waals surface area contributed by atoms with Gasteiger partial charge in [0.05, 0.1) is 26.3 Å². The molecule has 0 spiro atoms. The highest BCUT2D eigenvalue weighted by Crippen LogP contribution is 2.42. The van der Waals surface area contributed by atoms with Crippen molar-refractivity contribution in [2.45, 2.75) is 6.10 Å². The van der Waals surface area contributed by atoms with Crippen molar-refractivity contribution in [1.82, 2.24) is 9.97 Å². The number of carbonyl (C=O) groups excluding carboxylic acids is 2. The molecule has 210 valence electrons. The highest BCUT2D eigenvalue weighted by Gasteiger charge is 2.25. The fraction of sp³-hybridized carbons (Fsp3) is 0.286. The van der Waals surface area contributed by atoms with Crippen LogP contribution in [0.1, 0.15) is 5.56 Å². The number of carbonyl (C=O) groups is 2. The van der Waals surface area contributed by atoms with Crippen molar-refractivity contribution < 1.29 is 42.1 Å². The van der Waals surface area contributed by atoms with Gasteiger partial charge in [0, 0.05) is 41.5 Å². The summed E-state index contributed by atoms with van der Waals surface area (Å²) >= 11 is 0. The Labute approximate surface area is 228 Å². The molecule has 1 N–H and O–H groups in total. The van der Waals surface area contributed by atoms with Gasteiger partial charge in [-0.25, -0.2) is 18.7 Å². The number of allylic oxidation sites excluding steroid dienone is 4. The second-order valence-corrected chi connectivity index (χ2v) is 8.47. The van der Waals surface area contributed by atoms with Crippen LogP contribution >= 0.6 is 0 Å². The van der Waals surface area contributed by atoms with Crippen LogP contribution in [-0.4, -0.2) is 75.5 Å². The largest absolute Gasteiger partial charge is 0.493 e. The molecule has 0 atom stereocenters. The molecule has 1 heterocycles. The van der Waals surface area contributed by atoms with E-state index in [-0.39, 0.29) is 22.6 Å². The number of halogens is 2. The molecule has 40 heavy (non-hydrogen) atoms. The van der Waals surface area contributed by atoms with E-state index in [0.717, 1.165) is 18.2 Å². The third kappa shape index (κ3) is 6.18. The Morgan fingerprint density at radius 2 is 1.68 bits per heavy atom. The van der Waals surface area contributed by atoms with Gasteiger partial charge in [-0.15, -0.1) is 0 Å². The molecule has 3 aromatic rings. The van der Waals surface area contributed by atoms with Crippen LogP contribution in [0, 0.1) is 0 Å². The summed E-state index contributed by atoms with van der Waals surface area (Å²) in [5.41, 5.74) is 1.02. The number of benzene rings is 2. The molecule has 0 unspecified atom stereocenters. The first-order valence-electron chi connectivity index (χ1n) is 12.1. The molecular weight excluding hydrogens is 528 g/mol. The molecule has 1 aliphatic rings. The Morgan fingerprint density at radius 1 is 0.900 bits per heavy atom. The number of nitrogens with one attached hydrogen (secondary N) is 1. The van der Waals surface area contributed by atoms with E-state index in [2.05, 4.69) is 15.3 Å². The Balaban J connectivity index is 1.81. The Kier molecular flexibility index (Phi) is 9.23. The number of nitrogens with zero attached hydrogens (tertiary/aromatic N) is 2. The van der Waals surface area contributed by atoms with Crippen molar-refractivity contribution in [1.29, 1.82) is 0 Å². The van der Waals surface area contributed by atoms with Gasteiger partial charge in [0.25, 0.3) is 0 Å². The molecule has 0 amide bonds. The summed E-state index contributed by atoms with van der Waals surface area (Å²) in [5.74, 6) is 0.365. The summed E-state index contributed by atoms with van der Waals surface area (Å²) in [6.07, 6.45) is 3.30. The third-order valence-electron chi connectivity index (χ3n) is 5.87. The van der Waals surface area contributed by atoms with Gasteiger partial charge in [-0.1, -0.05) is 0 Å². The number of fused-ring (bicyclic) bond motifs is 1. The maximum atomic E-state index is 13.4. The highest BCUT2D eigenvalue weighted by atomic mass is 19.1. The molecule has 10 nitrogen and oxygen atoms in total. The van der Waals surface area contributed by atoms with Gasteiger partial charge in [-0.05, 0) is 30.4 Å². The molecule has 0 radical (unpaired) electrons. The maximum absolute atomic E-state index is 13.4. The predicted molar refractivity (Wildman–Crippen MR) is 143 cm³/mol. The fourth-order valence-corrected chi connectivity index (χ4v) is 3.95. The van der Waals surface area contributed by atoms with E-state index in [1.54, 1.807) is 19.2 Å². The van der Waals surface area contributed by atoms with E-state index < -0.39 is 31.0 Å². The number of hydrogen-bond acceptors (Lipinski definition) is 10. The lowest BCUT2D eigenvalue weighted by atomic mass is 9.94. The molecule has 0 fully saturated rings. The van der Waals surface area contributed by atoms with Crippen molar-refractivity contribution in [3.05, 3.63) is 54.4 Å². The van der Waals surface area contributed by atoms with Crippen LogP contribution < -0.4 is 24.3 Å². The summed E-state index contributed by atoms with van der Waals surface area (Å²) < 4.78 is 54.1. The van der Waals surface area contributed by atoms with Gasteiger partial charge in [0.2, 0.25) is 0 Å². The SMILES string of the molecule is COCCOc1cc2ncnc(Nc3cc(OC)c(OC(CF)CF)c(C4=CC(=O)C=CC4=O)c3)c2cc1OC. The lowest BCUT2D eigenvalue weighted by molar-refractivity contribution is -0.113. The molecule has 1 aliphatic carbocycles. The molecule has 2 aromatic carbocycles. The van der Waals surface area contributed by atoms with Crippen LogP contribution in [0.3, 0.4) is 0 Å². The summed E-state index contributed by atoms with van der Waals surface area (Å²) in [6, 6.07) is 6.44. The van der Waals surface area contributed by atoms with Crippen LogP contribution in [0.4, 0.5) is 20.3 Å². The minimum Gasteiger partial charge on any atom is -0.493 e. The zero-order valence-electron chi connectivity index (χ0n) is 22.0. The van der Waals surface area contributed by atoms with Crippen LogP contribution in [0.25, 0.3) is 16.5 Å². The molecule has 0 aliphatic heterocycles. The molecule has 0 saturated carbocycles. The number of methoxy groups -OCH3 is 3. The van der Waals surface area contributed by atoms with Gasteiger partial charge in [0.15, 0.2) is 40.7 Å². The van der Waals surface area contributed by atoms with E-state index in [4.69, 9.17) is 23.7 Å². The summed E-state index contributed by atoms with van der Waals surface area (Å²) in [6.45, 7) is -1.53. The zero-order valence-corrected chi connectivity index (χ0v) is 22.0. The van der Waals surface area contributed by atoms with Crippen LogP contribution in [0.5, 0.6) is 23.0 Å².